The first-order valence-electron chi connectivity index (χ1n) is 10.7. The predicted octanol–water partition coefficient (Wildman–Crippen LogP) is 4.87. The Morgan fingerprint density at radius 3 is 2.84 bits per heavy atom. The fourth-order valence-corrected chi connectivity index (χ4v) is 4.97. The average Bonchev–Trinajstić information content (AvgIpc) is 3.43. The fraction of sp³-hybridized carbons (Fsp3) is 0.192. The first-order chi connectivity index (χ1) is 15.5. The standard InChI is InChI=1S/C26H24FN3O2/c1-2-22(31)30-12-6-11-21(30)15-7-5-8-16(13-15)23-19(27)14-18(26(28)32)25-24(23)17-9-3-4-10-20(17)29-25/h2-5,7-10,13-14,21-22,29,31H,1,6,11-12H2,(H2,28,32). The highest BCUT2D eigenvalue weighted by Crippen LogP contribution is 2.40. The lowest BCUT2D eigenvalue weighted by molar-refractivity contribution is 0.0320. The molecule has 1 aromatic heterocycles. The van der Waals surface area contributed by atoms with Gasteiger partial charge >= 0.3 is 0 Å². The van der Waals surface area contributed by atoms with Gasteiger partial charge in [-0.25, -0.2) is 4.39 Å². The smallest absolute Gasteiger partial charge is 0.250 e. The number of carbonyl (C=O) groups is 1. The van der Waals surface area contributed by atoms with Crippen LogP contribution in [0.5, 0.6) is 0 Å². The van der Waals surface area contributed by atoms with Gasteiger partial charge < -0.3 is 15.8 Å². The van der Waals surface area contributed by atoms with E-state index >= 15 is 4.39 Å². The van der Waals surface area contributed by atoms with E-state index in [0.29, 0.717) is 22.0 Å². The molecule has 1 saturated heterocycles. The summed E-state index contributed by atoms with van der Waals surface area (Å²) < 4.78 is 15.5. The maximum atomic E-state index is 15.5. The molecule has 1 fully saturated rings. The van der Waals surface area contributed by atoms with E-state index in [-0.39, 0.29) is 11.6 Å². The summed E-state index contributed by atoms with van der Waals surface area (Å²) in [6.45, 7) is 4.48. The molecule has 5 nitrogen and oxygen atoms in total. The number of benzene rings is 3. The maximum absolute atomic E-state index is 15.5. The van der Waals surface area contributed by atoms with E-state index in [9.17, 15) is 9.90 Å². The number of aromatic nitrogens is 1. The molecule has 1 amide bonds. The third-order valence-electron chi connectivity index (χ3n) is 6.41. The summed E-state index contributed by atoms with van der Waals surface area (Å²) >= 11 is 0. The number of H-pyrrole nitrogens is 1. The molecule has 0 radical (unpaired) electrons. The van der Waals surface area contributed by atoms with E-state index in [0.717, 1.165) is 35.9 Å². The molecule has 4 aromatic rings. The molecule has 1 aliphatic heterocycles. The van der Waals surface area contributed by atoms with Gasteiger partial charge in [-0.05, 0) is 48.2 Å². The highest BCUT2D eigenvalue weighted by atomic mass is 19.1. The van der Waals surface area contributed by atoms with E-state index in [1.54, 1.807) is 0 Å². The Morgan fingerprint density at radius 2 is 2.06 bits per heavy atom. The number of para-hydroxylation sites is 1. The molecule has 5 rings (SSSR count). The molecule has 3 aromatic carbocycles. The van der Waals surface area contributed by atoms with Gasteiger partial charge in [-0.3, -0.25) is 9.69 Å². The molecule has 2 heterocycles. The number of nitrogens with one attached hydrogen (secondary N) is 1. The lowest BCUT2D eigenvalue weighted by Crippen LogP contribution is -2.32. The van der Waals surface area contributed by atoms with Gasteiger partial charge in [0.15, 0.2) is 0 Å². The number of hydrogen-bond donors (Lipinski definition) is 3. The van der Waals surface area contributed by atoms with Gasteiger partial charge in [-0.15, -0.1) is 0 Å². The van der Waals surface area contributed by atoms with Crippen molar-refractivity contribution in [2.45, 2.75) is 25.1 Å². The zero-order chi connectivity index (χ0) is 22.4. The summed E-state index contributed by atoms with van der Waals surface area (Å²) in [5.74, 6) is -1.18. The number of aliphatic hydroxyl groups is 1. The van der Waals surface area contributed by atoms with Crippen molar-refractivity contribution in [3.05, 3.63) is 84.2 Å². The number of aliphatic hydroxyl groups excluding tert-OH is 1. The summed E-state index contributed by atoms with van der Waals surface area (Å²) in [5.41, 5.74) is 9.18. The van der Waals surface area contributed by atoms with Gasteiger partial charge in [0.25, 0.3) is 5.91 Å². The summed E-state index contributed by atoms with van der Waals surface area (Å²) in [4.78, 5) is 17.3. The third kappa shape index (κ3) is 3.20. The minimum Gasteiger partial charge on any atom is -0.375 e. The molecule has 1 aliphatic rings. The summed E-state index contributed by atoms with van der Waals surface area (Å²) in [6, 6.07) is 16.6. The first-order valence-corrected chi connectivity index (χ1v) is 10.7. The number of likely N-dealkylation sites (tertiary alicyclic amines) is 1. The SMILES string of the molecule is C=CC(O)N1CCCC1c1cccc(-c2c(F)cc(C(N)=O)c3[nH]c4ccccc4c23)c1. The number of nitrogens with zero attached hydrogens (tertiary/aromatic N) is 1. The normalized spacial score (nSPS) is 17.8. The van der Waals surface area contributed by atoms with Gasteiger partial charge in [0.1, 0.15) is 12.0 Å². The minimum atomic E-state index is -0.724. The minimum absolute atomic E-state index is 0.0226. The number of aromatic amines is 1. The number of hydrogen-bond acceptors (Lipinski definition) is 3. The number of carbonyl (C=O) groups excluding carboxylic acids is 1. The van der Waals surface area contributed by atoms with E-state index < -0.39 is 18.0 Å². The summed E-state index contributed by atoms with van der Waals surface area (Å²) in [5, 5.41) is 11.8. The second-order valence-electron chi connectivity index (χ2n) is 8.24. The molecule has 32 heavy (non-hydrogen) atoms. The lowest BCUT2D eigenvalue weighted by Gasteiger charge is -2.28. The molecule has 0 aliphatic carbocycles. The van der Waals surface area contributed by atoms with E-state index in [1.807, 2.05) is 53.4 Å². The van der Waals surface area contributed by atoms with Gasteiger partial charge in [0.05, 0.1) is 11.1 Å². The van der Waals surface area contributed by atoms with Crippen LogP contribution in [0.25, 0.3) is 32.9 Å². The van der Waals surface area contributed by atoms with Crippen LogP contribution in [0.1, 0.15) is 34.8 Å². The molecule has 2 unspecified atom stereocenters. The average molecular weight is 429 g/mol. The van der Waals surface area contributed by atoms with Crippen molar-refractivity contribution in [3.8, 4) is 11.1 Å². The highest BCUT2D eigenvalue weighted by molar-refractivity contribution is 6.19. The fourth-order valence-electron chi connectivity index (χ4n) is 4.97. The van der Waals surface area contributed by atoms with E-state index in [2.05, 4.69) is 11.6 Å². The second kappa shape index (κ2) is 7.89. The zero-order valence-corrected chi connectivity index (χ0v) is 17.5. The van der Waals surface area contributed by atoms with Crippen LogP contribution < -0.4 is 5.73 Å². The van der Waals surface area contributed by atoms with Crippen LogP contribution in [0, 0.1) is 5.82 Å². The molecule has 0 spiro atoms. The van der Waals surface area contributed by atoms with Crippen LogP contribution >= 0.6 is 0 Å². The molecule has 0 saturated carbocycles. The lowest BCUT2D eigenvalue weighted by atomic mass is 9.93. The topological polar surface area (TPSA) is 82.3 Å². The molecular weight excluding hydrogens is 405 g/mol. The van der Waals surface area contributed by atoms with Crippen molar-refractivity contribution >= 4 is 27.7 Å². The Kier molecular flexibility index (Phi) is 5.04. The Hall–Kier alpha value is -3.48. The van der Waals surface area contributed by atoms with Crippen molar-refractivity contribution in [1.82, 2.24) is 9.88 Å². The predicted molar refractivity (Wildman–Crippen MR) is 125 cm³/mol. The highest BCUT2D eigenvalue weighted by Gasteiger charge is 2.30. The Balaban J connectivity index is 1.73. The van der Waals surface area contributed by atoms with Gasteiger partial charge in [0.2, 0.25) is 0 Å². The maximum Gasteiger partial charge on any atom is 0.250 e. The summed E-state index contributed by atoms with van der Waals surface area (Å²) in [6.07, 6.45) is 2.67. The Labute approximate surface area is 185 Å². The molecule has 2 atom stereocenters. The number of nitrogens with two attached hydrogens (primary N) is 1. The first kappa shape index (κ1) is 20.4. The second-order valence-corrected chi connectivity index (χ2v) is 8.24. The van der Waals surface area contributed by atoms with Gasteiger partial charge in [0, 0.05) is 34.4 Å². The number of fused-ring (bicyclic) bond motifs is 3. The van der Waals surface area contributed by atoms with Crippen LogP contribution in [0.3, 0.4) is 0 Å². The molecule has 6 heteroatoms. The van der Waals surface area contributed by atoms with Crippen molar-refractivity contribution in [2.24, 2.45) is 5.73 Å². The molecule has 162 valence electrons. The number of primary amides is 1. The van der Waals surface area contributed by atoms with E-state index in [1.165, 1.54) is 12.1 Å². The van der Waals surface area contributed by atoms with Crippen LogP contribution in [0.2, 0.25) is 0 Å². The third-order valence-corrected chi connectivity index (χ3v) is 6.41. The van der Waals surface area contributed by atoms with Crippen LogP contribution in [0.15, 0.2) is 67.3 Å². The van der Waals surface area contributed by atoms with Crippen molar-refractivity contribution in [2.75, 3.05) is 6.54 Å². The Bertz CT molecular complexity index is 1360. The van der Waals surface area contributed by atoms with Crippen molar-refractivity contribution < 1.29 is 14.3 Å². The quantitative estimate of drug-likeness (QED) is 0.396. The van der Waals surface area contributed by atoms with Gasteiger partial charge in [-0.2, -0.15) is 0 Å². The van der Waals surface area contributed by atoms with Gasteiger partial charge in [-0.1, -0.05) is 43.0 Å². The number of rotatable bonds is 5. The van der Waals surface area contributed by atoms with E-state index in [4.69, 9.17) is 5.73 Å². The molecule has 4 N–H and O–H groups in total. The van der Waals surface area contributed by atoms with Crippen LogP contribution in [0.4, 0.5) is 4.39 Å². The monoisotopic (exact) mass is 429 g/mol. The van der Waals surface area contributed by atoms with Crippen LogP contribution in [-0.2, 0) is 0 Å². The molecule has 0 bridgehead atoms. The largest absolute Gasteiger partial charge is 0.375 e. The number of amides is 1. The van der Waals surface area contributed by atoms with Crippen molar-refractivity contribution in [1.29, 1.82) is 0 Å². The van der Waals surface area contributed by atoms with Crippen molar-refractivity contribution in [3.63, 3.8) is 0 Å². The summed E-state index contributed by atoms with van der Waals surface area (Å²) in [7, 11) is 0. The Morgan fingerprint density at radius 1 is 1.25 bits per heavy atom. The molecular formula is C26H24FN3O2. The number of halogens is 1. The zero-order valence-electron chi connectivity index (χ0n) is 17.5. The van der Waals surface area contributed by atoms with Crippen LogP contribution in [-0.4, -0.2) is 33.7 Å².